The molecule has 1 aromatic carbocycles. The first-order valence-corrected chi connectivity index (χ1v) is 6.30. The van der Waals surface area contributed by atoms with E-state index in [0.717, 1.165) is 0 Å². The Morgan fingerprint density at radius 3 is 2.60 bits per heavy atom. The van der Waals surface area contributed by atoms with Gasteiger partial charge in [0.05, 0.1) is 6.04 Å². The van der Waals surface area contributed by atoms with Crippen molar-refractivity contribution in [3.63, 3.8) is 0 Å². The molecule has 0 bridgehead atoms. The number of carbonyl (C=O) groups excluding carboxylic acids is 1. The molecule has 1 heterocycles. The number of urea groups is 1. The summed E-state index contributed by atoms with van der Waals surface area (Å²) in [6.45, 7) is 0. The summed E-state index contributed by atoms with van der Waals surface area (Å²) in [6.07, 6.45) is -1.59. The number of carbonyl (C=O) groups is 1. The van der Waals surface area contributed by atoms with Crippen LogP contribution in [-0.2, 0) is 0 Å². The average molecular weight is 305 g/mol. The Hall–Kier alpha value is -1.69. The third-order valence-electron chi connectivity index (χ3n) is 2.92. The van der Waals surface area contributed by atoms with E-state index in [0.29, 0.717) is 10.6 Å². The molecule has 0 radical (unpaired) electrons. The molecule has 2 rings (SSSR count). The summed E-state index contributed by atoms with van der Waals surface area (Å²) >= 11 is 5.94. The second-order valence-electron chi connectivity index (χ2n) is 4.43. The van der Waals surface area contributed by atoms with Crippen LogP contribution in [0.1, 0.15) is 12.0 Å². The lowest BCUT2D eigenvalue weighted by atomic mass is 10.0. The van der Waals surface area contributed by atoms with Crippen LogP contribution in [0.15, 0.2) is 30.3 Å². The highest BCUT2D eigenvalue weighted by Gasteiger charge is 2.44. The highest BCUT2D eigenvalue weighted by atomic mass is 35.5. The van der Waals surface area contributed by atoms with Crippen molar-refractivity contribution in [2.24, 2.45) is 0 Å². The summed E-state index contributed by atoms with van der Waals surface area (Å²) in [5, 5.41) is 4.79. The second-order valence-corrected chi connectivity index (χ2v) is 4.84. The van der Waals surface area contributed by atoms with E-state index in [1.807, 2.05) is 5.32 Å². The Morgan fingerprint density at radius 1 is 1.25 bits per heavy atom. The number of hydrogen-bond acceptors (Lipinski definition) is 1. The molecule has 2 atom stereocenters. The molecule has 1 aliphatic rings. The summed E-state index contributed by atoms with van der Waals surface area (Å²) in [5.74, 6) is 0. The third kappa shape index (κ3) is 3.66. The van der Waals surface area contributed by atoms with Crippen LogP contribution in [0.25, 0.3) is 6.08 Å². The van der Waals surface area contributed by atoms with E-state index in [-0.39, 0.29) is 6.42 Å². The topological polar surface area (TPSA) is 41.1 Å². The zero-order valence-electron chi connectivity index (χ0n) is 10.2. The van der Waals surface area contributed by atoms with Crippen molar-refractivity contribution in [3.8, 4) is 0 Å². The highest BCUT2D eigenvalue weighted by Crippen LogP contribution is 2.26. The van der Waals surface area contributed by atoms with Crippen molar-refractivity contribution in [2.75, 3.05) is 0 Å². The van der Waals surface area contributed by atoms with Crippen molar-refractivity contribution in [3.05, 3.63) is 40.9 Å². The number of hydrogen-bond donors (Lipinski definition) is 2. The predicted molar refractivity (Wildman–Crippen MR) is 70.4 cm³/mol. The van der Waals surface area contributed by atoms with E-state index < -0.39 is 24.3 Å². The van der Waals surface area contributed by atoms with Crippen LogP contribution < -0.4 is 10.6 Å². The molecule has 2 amide bonds. The molecular formula is C13H12ClF3N2O. The fourth-order valence-corrected chi connectivity index (χ4v) is 2.11. The minimum Gasteiger partial charge on any atom is -0.332 e. The number of benzene rings is 1. The fraction of sp³-hybridized carbons (Fsp3) is 0.308. The summed E-state index contributed by atoms with van der Waals surface area (Å²) in [5.41, 5.74) is 0.686. The monoisotopic (exact) mass is 304 g/mol. The summed E-state index contributed by atoms with van der Waals surface area (Å²) in [7, 11) is 0. The van der Waals surface area contributed by atoms with Gasteiger partial charge in [-0.15, -0.1) is 0 Å². The molecule has 2 N–H and O–H groups in total. The van der Waals surface area contributed by atoms with Gasteiger partial charge in [0.1, 0.15) is 6.04 Å². The Bertz CT molecular complexity index is 531. The minimum atomic E-state index is -4.45. The van der Waals surface area contributed by atoms with Crippen molar-refractivity contribution in [1.29, 1.82) is 0 Å². The zero-order chi connectivity index (χ0) is 14.8. The molecule has 20 heavy (non-hydrogen) atoms. The number of alkyl halides is 3. The van der Waals surface area contributed by atoms with Gasteiger partial charge in [-0.05, 0) is 11.6 Å². The molecule has 1 aromatic rings. The van der Waals surface area contributed by atoms with Crippen LogP contribution in [0.5, 0.6) is 0 Å². The molecule has 0 aliphatic carbocycles. The van der Waals surface area contributed by atoms with Gasteiger partial charge in [-0.1, -0.05) is 42.0 Å². The molecule has 1 aliphatic heterocycles. The van der Waals surface area contributed by atoms with E-state index in [1.165, 1.54) is 6.08 Å². The van der Waals surface area contributed by atoms with E-state index in [2.05, 4.69) is 5.32 Å². The standard InChI is InChI=1S/C13H12ClF3N2O/c14-10-4-2-1-3-8(10)5-6-9-7-11(13(15,16)17)19-12(20)18-9/h1-6,9,11H,7H2,(H2,18,19,20)/b6-5+. The van der Waals surface area contributed by atoms with Crippen molar-refractivity contribution in [2.45, 2.75) is 24.7 Å². The first-order chi connectivity index (χ1) is 9.36. The molecule has 7 heteroatoms. The van der Waals surface area contributed by atoms with Crippen LogP contribution in [0.4, 0.5) is 18.0 Å². The maximum Gasteiger partial charge on any atom is 0.408 e. The predicted octanol–water partition coefficient (Wildman–Crippen LogP) is 3.36. The van der Waals surface area contributed by atoms with Crippen LogP contribution in [0, 0.1) is 0 Å². The Balaban J connectivity index is 2.09. The molecule has 108 valence electrons. The Kier molecular flexibility index (Phi) is 4.23. The molecule has 1 saturated heterocycles. The van der Waals surface area contributed by atoms with E-state index >= 15 is 0 Å². The maximum atomic E-state index is 12.6. The van der Waals surface area contributed by atoms with E-state index in [4.69, 9.17) is 11.6 Å². The summed E-state index contributed by atoms with van der Waals surface area (Å²) in [4.78, 5) is 11.2. The second kappa shape index (κ2) is 5.75. The van der Waals surface area contributed by atoms with E-state index in [9.17, 15) is 18.0 Å². The van der Waals surface area contributed by atoms with Crippen LogP contribution in [-0.4, -0.2) is 24.3 Å². The van der Waals surface area contributed by atoms with Crippen molar-refractivity contribution < 1.29 is 18.0 Å². The molecule has 0 saturated carbocycles. The van der Waals surface area contributed by atoms with Crippen molar-refractivity contribution >= 4 is 23.7 Å². The molecule has 1 fully saturated rings. The number of amides is 2. The van der Waals surface area contributed by atoms with Crippen LogP contribution in [0.3, 0.4) is 0 Å². The smallest absolute Gasteiger partial charge is 0.332 e. The third-order valence-corrected chi connectivity index (χ3v) is 3.26. The molecule has 0 spiro atoms. The minimum absolute atomic E-state index is 0.254. The molecule has 2 unspecified atom stereocenters. The maximum absolute atomic E-state index is 12.6. The van der Waals surface area contributed by atoms with Gasteiger partial charge in [0.2, 0.25) is 0 Å². The lowest BCUT2D eigenvalue weighted by Gasteiger charge is -2.30. The van der Waals surface area contributed by atoms with Gasteiger partial charge in [0.15, 0.2) is 0 Å². The summed E-state index contributed by atoms with van der Waals surface area (Å²) in [6, 6.07) is 3.59. The summed E-state index contributed by atoms with van der Waals surface area (Å²) < 4.78 is 37.9. The SMILES string of the molecule is O=C1NC(/C=C/c2ccccc2Cl)CC(C(F)(F)F)N1. The van der Waals surface area contributed by atoms with Gasteiger partial charge < -0.3 is 10.6 Å². The Labute approximate surface area is 118 Å². The van der Waals surface area contributed by atoms with Crippen molar-refractivity contribution in [1.82, 2.24) is 10.6 Å². The molecule has 0 aromatic heterocycles. The molecule has 3 nitrogen and oxygen atoms in total. The normalized spacial score (nSPS) is 23.5. The van der Waals surface area contributed by atoms with Gasteiger partial charge in [0.25, 0.3) is 0 Å². The highest BCUT2D eigenvalue weighted by molar-refractivity contribution is 6.32. The fourth-order valence-electron chi connectivity index (χ4n) is 1.91. The molecular weight excluding hydrogens is 293 g/mol. The number of rotatable bonds is 2. The van der Waals surface area contributed by atoms with Crippen LogP contribution >= 0.6 is 11.6 Å². The quantitative estimate of drug-likeness (QED) is 0.864. The number of nitrogens with one attached hydrogen (secondary N) is 2. The largest absolute Gasteiger partial charge is 0.408 e. The van der Waals surface area contributed by atoms with E-state index in [1.54, 1.807) is 30.3 Å². The first-order valence-electron chi connectivity index (χ1n) is 5.93. The van der Waals surface area contributed by atoms with Gasteiger partial charge in [-0.2, -0.15) is 13.2 Å². The van der Waals surface area contributed by atoms with Gasteiger partial charge >= 0.3 is 12.2 Å². The average Bonchev–Trinajstić information content (AvgIpc) is 2.36. The lowest BCUT2D eigenvalue weighted by molar-refractivity contribution is -0.157. The first kappa shape index (κ1) is 14.7. The zero-order valence-corrected chi connectivity index (χ0v) is 11.0. The number of halogens is 4. The van der Waals surface area contributed by atoms with Gasteiger partial charge in [-0.3, -0.25) is 0 Å². The van der Waals surface area contributed by atoms with Crippen LogP contribution in [0.2, 0.25) is 5.02 Å². The lowest BCUT2D eigenvalue weighted by Crippen LogP contribution is -2.58. The van der Waals surface area contributed by atoms with Gasteiger partial charge in [-0.25, -0.2) is 4.79 Å². The Morgan fingerprint density at radius 2 is 1.95 bits per heavy atom. The van der Waals surface area contributed by atoms with Gasteiger partial charge in [0, 0.05) is 11.4 Å².